The molecular formula is C19H18BrClFNO4S. The Balaban J connectivity index is 1.79. The standard InChI is InChI=1S/C19H18BrClFNO4S/c20-13-4-6-15(7-5-13)27-11-19(24)23(14-8-9-28(25,26)12-14)10-16-17(21)2-1-3-18(16)22/h1-7,14H,8-12H2. The van der Waals surface area contributed by atoms with E-state index in [0.717, 1.165) is 4.47 Å². The van der Waals surface area contributed by atoms with E-state index in [9.17, 15) is 17.6 Å². The molecule has 0 saturated carbocycles. The molecule has 28 heavy (non-hydrogen) atoms. The molecule has 1 amide bonds. The zero-order valence-corrected chi connectivity index (χ0v) is 17.9. The van der Waals surface area contributed by atoms with E-state index < -0.39 is 27.6 Å². The molecule has 1 aliphatic rings. The van der Waals surface area contributed by atoms with Gasteiger partial charge in [0.1, 0.15) is 11.6 Å². The Morgan fingerprint density at radius 3 is 2.57 bits per heavy atom. The topological polar surface area (TPSA) is 63.7 Å². The maximum absolute atomic E-state index is 14.2. The molecule has 3 rings (SSSR count). The first-order valence-corrected chi connectivity index (χ1v) is 11.6. The van der Waals surface area contributed by atoms with Crippen molar-refractivity contribution in [2.75, 3.05) is 18.1 Å². The predicted molar refractivity (Wildman–Crippen MR) is 109 cm³/mol. The van der Waals surface area contributed by atoms with E-state index in [1.54, 1.807) is 24.3 Å². The second-order valence-corrected chi connectivity index (χ2v) is 10.1. The van der Waals surface area contributed by atoms with Gasteiger partial charge in [-0.15, -0.1) is 0 Å². The minimum atomic E-state index is -3.23. The van der Waals surface area contributed by atoms with Gasteiger partial charge in [0.25, 0.3) is 5.91 Å². The number of sulfone groups is 1. The van der Waals surface area contributed by atoms with E-state index >= 15 is 0 Å². The summed E-state index contributed by atoms with van der Waals surface area (Å²) < 4.78 is 44.4. The van der Waals surface area contributed by atoms with Gasteiger partial charge in [-0.1, -0.05) is 33.6 Å². The van der Waals surface area contributed by atoms with Crippen LogP contribution in [-0.4, -0.2) is 43.4 Å². The van der Waals surface area contributed by atoms with Crippen LogP contribution in [0.1, 0.15) is 12.0 Å². The normalized spacial score (nSPS) is 18.0. The number of carbonyl (C=O) groups is 1. The van der Waals surface area contributed by atoms with Gasteiger partial charge in [0.2, 0.25) is 0 Å². The van der Waals surface area contributed by atoms with Crippen LogP contribution < -0.4 is 4.74 Å². The number of halogens is 3. The third-order valence-electron chi connectivity index (χ3n) is 4.54. The molecule has 0 N–H and O–H groups in total. The van der Waals surface area contributed by atoms with Gasteiger partial charge in [0.05, 0.1) is 18.1 Å². The Hall–Kier alpha value is -1.64. The zero-order valence-electron chi connectivity index (χ0n) is 14.8. The van der Waals surface area contributed by atoms with Gasteiger partial charge in [-0.3, -0.25) is 4.79 Å². The minimum Gasteiger partial charge on any atom is -0.484 e. The van der Waals surface area contributed by atoms with Crippen LogP contribution >= 0.6 is 27.5 Å². The molecular weight excluding hydrogens is 473 g/mol. The SMILES string of the molecule is O=C(COc1ccc(Br)cc1)N(Cc1c(F)cccc1Cl)C1CCS(=O)(=O)C1. The predicted octanol–water partition coefficient (Wildman–Crippen LogP) is 3.84. The van der Waals surface area contributed by atoms with Crippen LogP contribution in [0.25, 0.3) is 0 Å². The zero-order chi connectivity index (χ0) is 20.3. The summed E-state index contributed by atoms with van der Waals surface area (Å²) in [6.45, 7) is -0.404. The van der Waals surface area contributed by atoms with Crippen molar-refractivity contribution in [3.63, 3.8) is 0 Å². The number of hydrogen-bond donors (Lipinski definition) is 0. The largest absolute Gasteiger partial charge is 0.484 e. The third-order valence-corrected chi connectivity index (χ3v) is 7.17. The van der Waals surface area contributed by atoms with Gasteiger partial charge < -0.3 is 9.64 Å². The monoisotopic (exact) mass is 489 g/mol. The molecule has 0 bridgehead atoms. The van der Waals surface area contributed by atoms with E-state index in [4.69, 9.17) is 16.3 Å². The quantitative estimate of drug-likeness (QED) is 0.617. The maximum atomic E-state index is 14.2. The van der Waals surface area contributed by atoms with Crippen LogP contribution in [0.5, 0.6) is 5.75 Å². The number of amides is 1. The number of carbonyl (C=O) groups excluding carboxylic acids is 1. The average Bonchev–Trinajstić information content (AvgIpc) is 3.00. The Kier molecular flexibility index (Phi) is 6.62. The molecule has 2 aromatic carbocycles. The van der Waals surface area contributed by atoms with Gasteiger partial charge in [-0.05, 0) is 42.8 Å². The highest BCUT2D eigenvalue weighted by atomic mass is 79.9. The number of nitrogens with zero attached hydrogens (tertiary/aromatic N) is 1. The van der Waals surface area contributed by atoms with E-state index in [2.05, 4.69) is 15.9 Å². The van der Waals surface area contributed by atoms with E-state index in [-0.39, 0.29) is 35.2 Å². The summed E-state index contributed by atoms with van der Waals surface area (Å²) in [7, 11) is -3.23. The van der Waals surface area contributed by atoms with Crippen LogP contribution in [0.4, 0.5) is 4.39 Å². The van der Waals surface area contributed by atoms with Crippen molar-refractivity contribution >= 4 is 43.3 Å². The maximum Gasteiger partial charge on any atom is 0.261 e. The van der Waals surface area contributed by atoms with Crippen LogP contribution in [0.2, 0.25) is 5.02 Å². The molecule has 1 heterocycles. The van der Waals surface area contributed by atoms with Crippen molar-refractivity contribution in [3.8, 4) is 5.75 Å². The van der Waals surface area contributed by atoms with Gasteiger partial charge in [0, 0.05) is 21.1 Å². The number of rotatable bonds is 6. The summed E-state index contributed by atoms with van der Waals surface area (Å²) in [6, 6.07) is 10.7. The summed E-state index contributed by atoms with van der Waals surface area (Å²) in [5.41, 5.74) is 0.158. The third kappa shape index (κ3) is 5.24. The van der Waals surface area contributed by atoms with E-state index in [1.165, 1.54) is 23.1 Å². The Morgan fingerprint density at radius 2 is 1.96 bits per heavy atom. The highest BCUT2D eigenvalue weighted by molar-refractivity contribution is 9.10. The van der Waals surface area contributed by atoms with Gasteiger partial charge in [-0.25, -0.2) is 12.8 Å². The van der Waals surface area contributed by atoms with Gasteiger partial charge in [-0.2, -0.15) is 0 Å². The molecule has 2 aromatic rings. The first-order valence-electron chi connectivity index (χ1n) is 8.56. The Labute approximate surface area is 176 Å². The van der Waals surface area contributed by atoms with Crippen molar-refractivity contribution in [2.24, 2.45) is 0 Å². The molecule has 150 valence electrons. The molecule has 0 aromatic heterocycles. The lowest BCUT2D eigenvalue weighted by Crippen LogP contribution is -2.43. The molecule has 1 unspecified atom stereocenters. The smallest absolute Gasteiger partial charge is 0.261 e. The molecule has 0 aliphatic carbocycles. The summed E-state index contributed by atoms with van der Waals surface area (Å²) in [5, 5.41) is 0.187. The second-order valence-electron chi connectivity index (χ2n) is 6.52. The molecule has 0 spiro atoms. The van der Waals surface area contributed by atoms with Crippen molar-refractivity contribution in [3.05, 3.63) is 63.3 Å². The van der Waals surface area contributed by atoms with Crippen molar-refractivity contribution in [2.45, 2.75) is 19.0 Å². The molecule has 9 heteroatoms. The number of hydrogen-bond acceptors (Lipinski definition) is 4. The fourth-order valence-electron chi connectivity index (χ4n) is 3.05. The molecule has 1 aliphatic heterocycles. The lowest BCUT2D eigenvalue weighted by molar-refractivity contribution is -0.136. The summed E-state index contributed by atoms with van der Waals surface area (Å²) >= 11 is 9.42. The van der Waals surface area contributed by atoms with E-state index in [0.29, 0.717) is 12.2 Å². The fraction of sp³-hybridized carbons (Fsp3) is 0.316. The lowest BCUT2D eigenvalue weighted by Gasteiger charge is -2.29. The number of ether oxygens (including phenoxy) is 1. The Morgan fingerprint density at radius 1 is 1.25 bits per heavy atom. The fourth-order valence-corrected chi connectivity index (χ4v) is 5.27. The lowest BCUT2D eigenvalue weighted by atomic mass is 10.1. The highest BCUT2D eigenvalue weighted by Crippen LogP contribution is 2.25. The first-order chi connectivity index (χ1) is 13.2. The van der Waals surface area contributed by atoms with Crippen LogP contribution in [0, 0.1) is 5.82 Å². The summed E-state index contributed by atoms with van der Waals surface area (Å²) in [4.78, 5) is 14.2. The molecule has 1 fully saturated rings. The average molecular weight is 491 g/mol. The molecule has 5 nitrogen and oxygen atoms in total. The summed E-state index contributed by atoms with van der Waals surface area (Å²) in [6.07, 6.45) is 0.304. The van der Waals surface area contributed by atoms with Crippen molar-refractivity contribution < 1.29 is 22.3 Å². The Bertz CT molecular complexity index is 948. The second kappa shape index (κ2) is 8.80. The first kappa shape index (κ1) is 21.1. The van der Waals surface area contributed by atoms with Gasteiger partial charge >= 0.3 is 0 Å². The van der Waals surface area contributed by atoms with E-state index in [1.807, 2.05) is 0 Å². The van der Waals surface area contributed by atoms with Crippen LogP contribution in [-0.2, 0) is 21.2 Å². The number of benzene rings is 2. The minimum absolute atomic E-state index is 0.0000197. The molecule has 1 atom stereocenters. The molecule has 0 radical (unpaired) electrons. The highest BCUT2D eigenvalue weighted by Gasteiger charge is 2.35. The summed E-state index contributed by atoms with van der Waals surface area (Å²) in [5.74, 6) is -0.618. The van der Waals surface area contributed by atoms with Crippen LogP contribution in [0.15, 0.2) is 46.9 Å². The van der Waals surface area contributed by atoms with Crippen LogP contribution in [0.3, 0.4) is 0 Å². The van der Waals surface area contributed by atoms with Crippen molar-refractivity contribution in [1.82, 2.24) is 4.90 Å². The van der Waals surface area contributed by atoms with Gasteiger partial charge in [0.15, 0.2) is 16.4 Å². The van der Waals surface area contributed by atoms with Crippen molar-refractivity contribution in [1.29, 1.82) is 0 Å². The molecule has 1 saturated heterocycles.